The second kappa shape index (κ2) is 29.0. The van der Waals surface area contributed by atoms with Gasteiger partial charge in [-0.1, -0.05) is 12.1 Å². The van der Waals surface area contributed by atoms with Gasteiger partial charge in [-0.3, -0.25) is 19.6 Å². The predicted molar refractivity (Wildman–Crippen MR) is 201 cm³/mol. The Bertz CT molecular complexity index is 1680. The van der Waals surface area contributed by atoms with E-state index in [1.165, 1.54) is 14.7 Å². The van der Waals surface area contributed by atoms with Crippen LogP contribution in [0.1, 0.15) is 43.4 Å². The number of carboxylic acid groups (broad SMARTS) is 7. The van der Waals surface area contributed by atoms with Crippen LogP contribution in [-0.4, -0.2) is 169 Å². The summed E-state index contributed by atoms with van der Waals surface area (Å²) in [5.74, 6) is -10.5. The molecule has 0 saturated carbocycles. The Morgan fingerprint density at radius 1 is 0.639 bits per heavy atom. The molecule has 1 heterocycles. The Morgan fingerprint density at radius 3 is 1.61 bits per heavy atom. The molecule has 0 radical (unpaired) electrons. The topological polar surface area (TPSA) is 359 Å². The van der Waals surface area contributed by atoms with Gasteiger partial charge < -0.3 is 90.6 Å². The van der Waals surface area contributed by atoms with Crippen LogP contribution < -0.4 is 57.0 Å². The van der Waals surface area contributed by atoms with Crippen molar-refractivity contribution in [3.63, 3.8) is 0 Å². The van der Waals surface area contributed by atoms with Crippen LogP contribution in [0.15, 0.2) is 24.3 Å². The van der Waals surface area contributed by atoms with E-state index in [1.807, 2.05) is 5.32 Å². The summed E-state index contributed by atoms with van der Waals surface area (Å²) < 4.78 is 0. The molecule has 346 valence electrons. The van der Waals surface area contributed by atoms with Gasteiger partial charge in [0.05, 0.1) is 47.9 Å². The van der Waals surface area contributed by atoms with Crippen molar-refractivity contribution in [3.05, 3.63) is 29.8 Å². The quantitative estimate of drug-likeness (QED) is 0.0584. The van der Waals surface area contributed by atoms with Crippen molar-refractivity contribution >= 4 is 70.8 Å². The SMILES string of the molecule is O=C([O-])CC[C@H](NC(=O)N[C@@H](CCCCNC(=S)Nc1ccc(CC2CN(CC(=O)[O-])CCN(CC(=O)[O-])CCN(CC(=O)[O-])CCN2CC(=O)[O-])cc1)C(=O)[O-])C(=O)[O-].[177Lu+3].[H+].[H+].[H+].[H+]. The van der Waals surface area contributed by atoms with E-state index in [9.17, 15) is 74.1 Å². The number of carboxylic acids is 7. The second-order valence-corrected chi connectivity index (χ2v) is 14.4. The van der Waals surface area contributed by atoms with Crippen molar-refractivity contribution in [1.82, 2.24) is 35.6 Å². The van der Waals surface area contributed by atoms with Gasteiger partial charge in [-0.25, -0.2) is 4.79 Å². The molecule has 1 unspecified atom stereocenters. The average Bonchev–Trinajstić information content (AvgIpc) is 3.14. The van der Waals surface area contributed by atoms with Crippen molar-refractivity contribution in [2.24, 2.45) is 0 Å². The number of urea groups is 1. The maximum Gasteiger partial charge on any atom is 3.00 e. The Hall–Kier alpha value is -4.46. The first-order chi connectivity index (χ1) is 28.3. The van der Waals surface area contributed by atoms with Crippen molar-refractivity contribution in [1.29, 1.82) is 0 Å². The van der Waals surface area contributed by atoms with Gasteiger partial charge in [0.2, 0.25) is 0 Å². The van der Waals surface area contributed by atoms with E-state index < -0.39 is 105 Å². The van der Waals surface area contributed by atoms with Gasteiger partial charge in [-0.2, -0.15) is 0 Å². The van der Waals surface area contributed by atoms with Gasteiger partial charge >= 0.3 is 48.6 Å². The van der Waals surface area contributed by atoms with Crippen molar-refractivity contribution in [2.75, 3.05) is 83.9 Å². The van der Waals surface area contributed by atoms with E-state index >= 15 is 0 Å². The third kappa shape index (κ3) is 23.9. The number of aliphatic carboxylic acids is 7. The number of amides is 2. The Morgan fingerprint density at radius 2 is 1.11 bits per heavy atom. The molecule has 0 spiro atoms. The number of unbranched alkanes of at least 4 members (excludes halogenated alkanes) is 1. The third-order valence-electron chi connectivity index (χ3n) is 9.25. The number of rotatable bonds is 23. The average molecular weight is 1040 g/mol. The molecule has 1 aliphatic rings. The van der Waals surface area contributed by atoms with Crippen LogP contribution in [0.5, 0.6) is 0 Å². The standard InChI is InChI=1S/C36H54N8O15S.Lu/c45-28(46)9-8-27(34(57)58)40-35(59)39-26(33(55)56)3-1-2-10-37-36(60)38-24-6-4-23(5-7-24)17-25-18-43(21-31(51)52)14-13-41(19-29(47)48)11-12-42(20-30(49)50)15-16-44(25)22-32(53)54;/h4-7,25-27H,1-3,8-22H2,(H,45,46)(H,47,48)(H,49,50)(H,51,52)(H,53,54)(H,55,56)(H,57,58)(H2,37,38,60)(H2,39,40,59);/q;+3/p-3/t25?,26-,27-;/m0./s1/i;1+2. The van der Waals surface area contributed by atoms with E-state index in [4.69, 9.17) is 12.2 Å². The van der Waals surface area contributed by atoms with E-state index in [2.05, 4.69) is 16.0 Å². The first-order valence-electron chi connectivity index (χ1n) is 18.8. The fourth-order valence-electron chi connectivity index (χ4n) is 6.29. The summed E-state index contributed by atoms with van der Waals surface area (Å²) in [6.07, 6.45) is -0.492. The first-order valence-corrected chi connectivity index (χ1v) is 19.2. The number of nitrogens with one attached hydrogen (secondary N) is 4. The zero-order valence-corrected chi connectivity index (χ0v) is 35.3. The summed E-state index contributed by atoms with van der Waals surface area (Å²) in [5, 5.41) is 90.0. The predicted octanol–water partition coefficient (Wildman–Crippen LogP) is -10.2. The van der Waals surface area contributed by atoms with Gasteiger partial charge in [0.1, 0.15) is 0 Å². The zero-order valence-electron chi connectivity index (χ0n) is 36.8. The molecule has 1 aromatic carbocycles. The second-order valence-electron chi connectivity index (χ2n) is 13.9. The molecule has 1 fully saturated rings. The van der Waals surface area contributed by atoms with Crippen LogP contribution in [-0.2, 0) is 40.0 Å². The van der Waals surface area contributed by atoms with Gasteiger partial charge in [-0.05, 0) is 68.4 Å². The summed E-state index contributed by atoms with van der Waals surface area (Å²) in [5.41, 5.74) is 1.25. The number of nitrogens with zero attached hydrogens (tertiary/aromatic N) is 4. The molecule has 2 amide bonds. The number of carbonyl (C=O) groups is 8. The van der Waals surface area contributed by atoms with E-state index in [1.54, 1.807) is 29.2 Å². The summed E-state index contributed by atoms with van der Waals surface area (Å²) in [6.45, 7) is -1.39. The van der Waals surface area contributed by atoms with Crippen LogP contribution in [0.2, 0.25) is 0 Å². The maximum absolute atomic E-state index is 12.1. The van der Waals surface area contributed by atoms with Gasteiger partial charge in [0, 0.05) is 96.2 Å². The molecule has 0 aliphatic carbocycles. The zero-order chi connectivity index (χ0) is 44.8. The molecule has 23 nitrogen and oxygen atoms in total. The number of hydrogen-bond acceptors (Lipinski definition) is 20. The summed E-state index contributed by atoms with van der Waals surface area (Å²) in [6, 6.07) is 1.81. The minimum absolute atomic E-state index is 0. The first kappa shape index (κ1) is 54.6. The maximum atomic E-state index is 12.1. The fraction of sp³-hybridized carbons (Fsp3) is 0.583. The van der Waals surface area contributed by atoms with Crippen molar-refractivity contribution in [2.45, 2.75) is 56.7 Å². The minimum atomic E-state index is -1.77. The van der Waals surface area contributed by atoms with E-state index in [0.717, 1.165) is 0 Å². The largest absolute Gasteiger partial charge is 3.00 e. The number of thiocarbonyl (C=S) groups is 1. The van der Waals surface area contributed by atoms with Crippen LogP contribution in [0, 0.1) is 36.9 Å². The molecule has 3 atom stereocenters. The van der Waals surface area contributed by atoms with Crippen LogP contribution in [0.4, 0.5) is 10.5 Å². The van der Waals surface area contributed by atoms with E-state index in [-0.39, 0.29) is 119 Å². The molecule has 2 rings (SSSR count). The smallest absolute Gasteiger partial charge is 0.550 e. The van der Waals surface area contributed by atoms with E-state index in [0.29, 0.717) is 17.7 Å². The molecule has 1 aromatic rings. The summed E-state index contributed by atoms with van der Waals surface area (Å²) >= 11 is 5.34. The van der Waals surface area contributed by atoms with Gasteiger partial charge in [-0.15, -0.1) is 0 Å². The monoisotopic (exact) mass is 1040 g/mol. The Kier molecular flexibility index (Phi) is 25.9. The molecule has 0 aromatic heterocycles. The minimum Gasteiger partial charge on any atom is -0.550 e. The summed E-state index contributed by atoms with van der Waals surface area (Å²) in [4.78, 5) is 98.0. The molecule has 4 N–H and O–H groups in total. The molecular weight excluding hydrogens is 993 g/mol. The Balaban J connectivity index is -0.00000372. The molecule has 0 bridgehead atoms. The molecule has 1 saturated heterocycles. The molecule has 61 heavy (non-hydrogen) atoms. The number of hydrogen-bond donors (Lipinski definition) is 4. The van der Waals surface area contributed by atoms with Crippen LogP contribution >= 0.6 is 12.2 Å². The molecular formula is C36H51LuN8O15S. The number of anilines is 1. The van der Waals surface area contributed by atoms with Crippen molar-refractivity contribution < 1.29 is 117 Å². The summed E-state index contributed by atoms with van der Waals surface area (Å²) in [7, 11) is 0. The van der Waals surface area contributed by atoms with Gasteiger partial charge in [0.25, 0.3) is 0 Å². The molecule has 1 aliphatic heterocycles. The van der Waals surface area contributed by atoms with Gasteiger partial charge in [0.15, 0.2) is 5.11 Å². The fourth-order valence-corrected chi connectivity index (χ4v) is 6.51. The normalized spacial score (nSPS) is 16.8. The molecule has 25 heteroatoms. The van der Waals surface area contributed by atoms with Crippen molar-refractivity contribution in [3.8, 4) is 0 Å². The number of carbonyl (C=O) groups excluding carboxylic acids is 8. The third-order valence-corrected chi connectivity index (χ3v) is 9.50. The Labute approximate surface area is 391 Å². The van der Waals surface area contributed by atoms with Crippen LogP contribution in [0.3, 0.4) is 0 Å². The number of benzene rings is 1. The van der Waals surface area contributed by atoms with Crippen LogP contribution in [0.25, 0.3) is 0 Å².